The molecule has 0 bridgehead atoms. The molecule has 0 saturated carbocycles. The van der Waals surface area contributed by atoms with Crippen LogP contribution in [0.4, 0.5) is 0 Å². The Labute approximate surface area is 146 Å². The minimum absolute atomic E-state index is 0.0727. The van der Waals surface area contributed by atoms with E-state index in [-0.39, 0.29) is 5.56 Å². The maximum Gasteiger partial charge on any atom is 0.255 e. The van der Waals surface area contributed by atoms with Crippen LogP contribution in [-0.4, -0.2) is 29.9 Å². The summed E-state index contributed by atoms with van der Waals surface area (Å²) in [4.78, 5) is 19.7. The van der Waals surface area contributed by atoms with E-state index in [9.17, 15) is 4.79 Å². The topological polar surface area (TPSA) is 64.2 Å². The molecule has 2 aromatic rings. The number of aromatic amines is 1. The number of rotatable bonds is 8. The number of hydrogen-bond donors (Lipinski definition) is 1. The highest BCUT2D eigenvalue weighted by atomic mass is 32.2. The predicted octanol–water partition coefficient (Wildman–Crippen LogP) is 3.44. The van der Waals surface area contributed by atoms with Crippen molar-refractivity contribution in [2.24, 2.45) is 0 Å². The van der Waals surface area contributed by atoms with Crippen molar-refractivity contribution in [3.05, 3.63) is 45.4 Å². The first kappa shape index (κ1) is 18.4. The van der Waals surface area contributed by atoms with Gasteiger partial charge in [0.1, 0.15) is 0 Å². The molecule has 0 unspecified atom stereocenters. The molecule has 0 atom stereocenters. The van der Waals surface area contributed by atoms with Crippen LogP contribution in [0.2, 0.25) is 0 Å². The van der Waals surface area contributed by atoms with Crippen molar-refractivity contribution in [1.29, 1.82) is 0 Å². The van der Waals surface area contributed by atoms with Crippen LogP contribution >= 0.6 is 11.8 Å². The second-order valence-electron chi connectivity index (χ2n) is 5.36. The highest BCUT2D eigenvalue weighted by Gasteiger charge is 2.13. The van der Waals surface area contributed by atoms with E-state index in [2.05, 4.69) is 16.9 Å². The zero-order valence-corrected chi connectivity index (χ0v) is 15.5. The second kappa shape index (κ2) is 8.78. The maximum absolute atomic E-state index is 12.4. The van der Waals surface area contributed by atoms with Gasteiger partial charge >= 0.3 is 0 Å². The molecule has 0 aliphatic carbocycles. The summed E-state index contributed by atoms with van der Waals surface area (Å²) in [6.07, 6.45) is 4.08. The summed E-state index contributed by atoms with van der Waals surface area (Å²) in [7, 11) is 1.62. The fourth-order valence-electron chi connectivity index (χ4n) is 2.45. The van der Waals surface area contributed by atoms with Crippen molar-refractivity contribution in [3.63, 3.8) is 0 Å². The largest absolute Gasteiger partial charge is 0.493 e. The molecule has 0 aliphatic rings. The Bertz CT molecular complexity index is 744. The third kappa shape index (κ3) is 4.32. The van der Waals surface area contributed by atoms with Gasteiger partial charge in [0.25, 0.3) is 5.56 Å². The minimum atomic E-state index is -0.0727. The molecule has 1 aromatic heterocycles. The highest BCUT2D eigenvalue weighted by Crippen LogP contribution is 2.29. The first-order valence-electron chi connectivity index (χ1n) is 8.08. The number of ether oxygens (including phenoxy) is 2. The lowest BCUT2D eigenvalue weighted by Crippen LogP contribution is -2.19. The number of methoxy groups -OCH3 is 1. The summed E-state index contributed by atoms with van der Waals surface area (Å²) in [6, 6.07) is 5.79. The molecule has 5 nitrogen and oxygen atoms in total. The molecule has 0 aliphatic heterocycles. The maximum atomic E-state index is 12.4. The van der Waals surface area contributed by atoms with E-state index in [4.69, 9.17) is 9.47 Å². The molecule has 6 heteroatoms. The third-order valence-electron chi connectivity index (χ3n) is 3.68. The Hall–Kier alpha value is -1.95. The van der Waals surface area contributed by atoms with Crippen LogP contribution in [0.15, 0.2) is 28.2 Å². The summed E-state index contributed by atoms with van der Waals surface area (Å²) in [5, 5.41) is 0.654. The van der Waals surface area contributed by atoms with E-state index in [1.54, 1.807) is 7.11 Å². The van der Waals surface area contributed by atoms with Gasteiger partial charge in [-0.05, 0) is 36.8 Å². The number of H-pyrrole nitrogens is 1. The average Bonchev–Trinajstić information content (AvgIpc) is 2.61. The molecule has 2 rings (SSSR count). The van der Waals surface area contributed by atoms with Crippen molar-refractivity contribution in [2.75, 3.05) is 20.0 Å². The van der Waals surface area contributed by atoms with E-state index in [1.807, 2.05) is 31.4 Å². The first-order chi connectivity index (χ1) is 11.6. The Morgan fingerprint density at radius 1 is 1.25 bits per heavy atom. The summed E-state index contributed by atoms with van der Waals surface area (Å²) >= 11 is 1.44. The monoisotopic (exact) mass is 348 g/mol. The Morgan fingerprint density at radius 3 is 2.67 bits per heavy atom. The lowest BCUT2D eigenvalue weighted by atomic mass is 10.0. The third-order valence-corrected chi connectivity index (χ3v) is 4.26. The SMILES string of the molecule is CCCOc1ccc(Cc2c(CC)nc(SC)[nH]c2=O)cc1OC. The van der Waals surface area contributed by atoms with Gasteiger partial charge < -0.3 is 14.5 Å². The van der Waals surface area contributed by atoms with Crippen molar-refractivity contribution in [1.82, 2.24) is 9.97 Å². The molecule has 0 radical (unpaired) electrons. The molecule has 1 heterocycles. The van der Waals surface area contributed by atoms with Crippen LogP contribution in [0.25, 0.3) is 0 Å². The van der Waals surface area contributed by atoms with Crippen LogP contribution in [0.5, 0.6) is 11.5 Å². The quantitative estimate of drug-likeness (QED) is 0.585. The number of hydrogen-bond acceptors (Lipinski definition) is 5. The van der Waals surface area contributed by atoms with Gasteiger partial charge in [-0.3, -0.25) is 4.79 Å². The fourth-order valence-corrected chi connectivity index (χ4v) is 2.85. The van der Waals surface area contributed by atoms with E-state index >= 15 is 0 Å². The summed E-state index contributed by atoms with van der Waals surface area (Å²) in [6.45, 7) is 4.72. The molecule has 1 aromatic carbocycles. The van der Waals surface area contributed by atoms with Gasteiger partial charge in [-0.2, -0.15) is 0 Å². The van der Waals surface area contributed by atoms with Gasteiger partial charge in [-0.1, -0.05) is 31.7 Å². The number of benzene rings is 1. The molecule has 0 saturated heterocycles. The lowest BCUT2D eigenvalue weighted by Gasteiger charge is -2.12. The normalized spacial score (nSPS) is 10.7. The van der Waals surface area contributed by atoms with E-state index in [0.717, 1.165) is 29.8 Å². The van der Waals surface area contributed by atoms with Gasteiger partial charge in [0.15, 0.2) is 16.7 Å². The van der Waals surface area contributed by atoms with Crippen LogP contribution < -0.4 is 15.0 Å². The number of aromatic nitrogens is 2. The van der Waals surface area contributed by atoms with Crippen LogP contribution in [0.3, 0.4) is 0 Å². The van der Waals surface area contributed by atoms with Crippen LogP contribution in [-0.2, 0) is 12.8 Å². The smallest absolute Gasteiger partial charge is 0.255 e. The van der Waals surface area contributed by atoms with Crippen molar-refractivity contribution >= 4 is 11.8 Å². The van der Waals surface area contributed by atoms with Gasteiger partial charge in [-0.25, -0.2) is 4.98 Å². The van der Waals surface area contributed by atoms with Crippen LogP contribution in [0, 0.1) is 0 Å². The number of thioether (sulfide) groups is 1. The number of nitrogens with zero attached hydrogens (tertiary/aromatic N) is 1. The van der Waals surface area contributed by atoms with E-state index in [0.29, 0.717) is 29.5 Å². The van der Waals surface area contributed by atoms with Gasteiger partial charge in [0.05, 0.1) is 19.4 Å². The van der Waals surface area contributed by atoms with Crippen molar-refractivity contribution < 1.29 is 9.47 Å². The van der Waals surface area contributed by atoms with Gasteiger partial charge in [0.2, 0.25) is 0 Å². The molecular weight excluding hydrogens is 324 g/mol. The van der Waals surface area contributed by atoms with Gasteiger partial charge in [-0.15, -0.1) is 0 Å². The van der Waals surface area contributed by atoms with Crippen molar-refractivity contribution in [2.45, 2.75) is 38.3 Å². The summed E-state index contributed by atoms with van der Waals surface area (Å²) in [5.41, 5.74) is 2.47. The Balaban J connectivity index is 2.33. The molecule has 24 heavy (non-hydrogen) atoms. The standard InChI is InChI=1S/C18H24N2O3S/c1-5-9-23-15-8-7-12(11-16(15)22-3)10-13-14(6-2)19-18(24-4)20-17(13)21/h7-8,11H,5-6,9-10H2,1-4H3,(H,19,20,21). The summed E-state index contributed by atoms with van der Waals surface area (Å²) < 4.78 is 11.1. The fraction of sp³-hybridized carbons (Fsp3) is 0.444. The summed E-state index contributed by atoms with van der Waals surface area (Å²) in [5.74, 6) is 1.41. The Morgan fingerprint density at radius 2 is 2.04 bits per heavy atom. The molecule has 1 N–H and O–H groups in total. The zero-order valence-electron chi connectivity index (χ0n) is 14.6. The first-order valence-corrected chi connectivity index (χ1v) is 9.31. The predicted molar refractivity (Wildman–Crippen MR) is 97.6 cm³/mol. The highest BCUT2D eigenvalue weighted by molar-refractivity contribution is 7.98. The van der Waals surface area contributed by atoms with E-state index in [1.165, 1.54) is 11.8 Å². The molecular formula is C18H24N2O3S. The van der Waals surface area contributed by atoms with Crippen LogP contribution in [0.1, 0.15) is 37.1 Å². The van der Waals surface area contributed by atoms with Crippen molar-refractivity contribution in [3.8, 4) is 11.5 Å². The molecule has 0 spiro atoms. The molecule has 0 fully saturated rings. The zero-order chi connectivity index (χ0) is 17.5. The molecule has 0 amide bonds. The lowest BCUT2D eigenvalue weighted by molar-refractivity contribution is 0.294. The average molecular weight is 348 g/mol. The van der Waals surface area contributed by atoms with E-state index < -0.39 is 0 Å². The Kier molecular flexibility index (Phi) is 6.73. The molecule has 130 valence electrons. The van der Waals surface area contributed by atoms with Gasteiger partial charge in [0, 0.05) is 12.0 Å². The number of nitrogens with one attached hydrogen (secondary N) is 1. The number of aryl methyl sites for hydroxylation is 1. The minimum Gasteiger partial charge on any atom is -0.493 e. The second-order valence-corrected chi connectivity index (χ2v) is 6.16.